The molecule has 0 radical (unpaired) electrons. The van der Waals surface area contributed by atoms with E-state index >= 15 is 0 Å². The van der Waals surface area contributed by atoms with Gasteiger partial charge in [-0.05, 0) is 55.3 Å². The summed E-state index contributed by atoms with van der Waals surface area (Å²) in [6.45, 7) is 4.88. The first kappa shape index (κ1) is 25.5. The van der Waals surface area contributed by atoms with E-state index in [0.717, 1.165) is 18.4 Å². The molecule has 0 saturated carbocycles. The number of ether oxygens (including phenoxy) is 4. The number of nitrogens with one attached hydrogen (secondary N) is 2. The van der Waals surface area contributed by atoms with Crippen molar-refractivity contribution in [1.82, 2.24) is 10.7 Å². The van der Waals surface area contributed by atoms with Gasteiger partial charge in [0.2, 0.25) is 0 Å². The van der Waals surface area contributed by atoms with E-state index in [1.54, 1.807) is 18.2 Å². The molecule has 0 aliphatic heterocycles. The Morgan fingerprint density at radius 3 is 2.39 bits per heavy atom. The number of hydrogen-bond donors (Lipinski definition) is 2. The van der Waals surface area contributed by atoms with E-state index in [0.29, 0.717) is 41.8 Å². The van der Waals surface area contributed by atoms with Crippen LogP contribution in [0.2, 0.25) is 0 Å². The van der Waals surface area contributed by atoms with Crippen LogP contribution in [0.5, 0.6) is 23.0 Å². The highest BCUT2D eigenvalue weighted by Crippen LogP contribution is 2.28. The molecule has 0 heterocycles. The topological polar surface area (TPSA) is 107 Å². The minimum absolute atomic E-state index is 0.237. The molecule has 0 bridgehead atoms. The number of nitrogens with zero attached hydrogens (tertiary/aromatic N) is 1. The molecule has 2 N–H and O–H groups in total. The molecule has 0 spiro atoms. The van der Waals surface area contributed by atoms with Crippen molar-refractivity contribution in [1.29, 1.82) is 0 Å². The van der Waals surface area contributed by atoms with Crippen molar-refractivity contribution in [3.63, 3.8) is 0 Å². The summed E-state index contributed by atoms with van der Waals surface area (Å²) < 4.78 is 21.7. The van der Waals surface area contributed by atoms with Gasteiger partial charge in [-0.3, -0.25) is 9.59 Å². The SMILES string of the molecule is CCCCOc1ccc(/C=N/NC(=O)CNC(=O)c2ccc(OC)c(OC)c2)cc1OCC. The molecule has 0 aliphatic carbocycles. The lowest BCUT2D eigenvalue weighted by molar-refractivity contribution is -0.120. The van der Waals surface area contributed by atoms with Gasteiger partial charge in [-0.15, -0.1) is 0 Å². The van der Waals surface area contributed by atoms with Crippen LogP contribution < -0.4 is 29.7 Å². The molecule has 0 aliphatic rings. The van der Waals surface area contributed by atoms with E-state index in [4.69, 9.17) is 18.9 Å². The summed E-state index contributed by atoms with van der Waals surface area (Å²) in [5.74, 6) is 1.33. The molecule has 0 unspecified atom stereocenters. The molecule has 2 rings (SSSR count). The zero-order valence-corrected chi connectivity index (χ0v) is 19.5. The molecule has 178 valence electrons. The van der Waals surface area contributed by atoms with Gasteiger partial charge in [0.1, 0.15) is 0 Å². The van der Waals surface area contributed by atoms with Crippen LogP contribution in [0.25, 0.3) is 0 Å². The predicted molar refractivity (Wildman–Crippen MR) is 126 cm³/mol. The van der Waals surface area contributed by atoms with Gasteiger partial charge >= 0.3 is 0 Å². The van der Waals surface area contributed by atoms with Crippen LogP contribution in [0, 0.1) is 0 Å². The molecule has 0 fully saturated rings. The quantitative estimate of drug-likeness (QED) is 0.272. The second-order valence-corrected chi connectivity index (χ2v) is 6.89. The second kappa shape index (κ2) is 13.6. The summed E-state index contributed by atoms with van der Waals surface area (Å²) in [6.07, 6.45) is 3.50. The number of methoxy groups -OCH3 is 2. The summed E-state index contributed by atoms with van der Waals surface area (Å²) in [7, 11) is 2.99. The fraction of sp³-hybridized carbons (Fsp3) is 0.375. The Kier molecular flexibility index (Phi) is 10.5. The number of amides is 2. The maximum atomic E-state index is 12.3. The summed E-state index contributed by atoms with van der Waals surface area (Å²) in [5.41, 5.74) is 3.46. The van der Waals surface area contributed by atoms with Crippen molar-refractivity contribution < 1.29 is 28.5 Å². The van der Waals surface area contributed by atoms with Crippen LogP contribution in [0.1, 0.15) is 42.6 Å². The third-order valence-corrected chi connectivity index (χ3v) is 4.48. The molecule has 2 aromatic rings. The van der Waals surface area contributed by atoms with E-state index in [1.807, 2.05) is 19.1 Å². The predicted octanol–water partition coefficient (Wildman–Crippen LogP) is 3.16. The van der Waals surface area contributed by atoms with E-state index < -0.39 is 11.8 Å². The smallest absolute Gasteiger partial charge is 0.259 e. The van der Waals surface area contributed by atoms with Crippen LogP contribution in [0.4, 0.5) is 0 Å². The maximum Gasteiger partial charge on any atom is 0.259 e. The van der Waals surface area contributed by atoms with Crippen LogP contribution in [-0.2, 0) is 4.79 Å². The highest BCUT2D eigenvalue weighted by molar-refractivity contribution is 5.97. The first-order chi connectivity index (χ1) is 16.0. The molecule has 2 aromatic carbocycles. The number of hydrazone groups is 1. The van der Waals surface area contributed by atoms with Crippen molar-refractivity contribution in [2.24, 2.45) is 5.10 Å². The highest BCUT2D eigenvalue weighted by atomic mass is 16.5. The Labute approximate surface area is 194 Å². The molecule has 0 saturated heterocycles. The van der Waals surface area contributed by atoms with Crippen LogP contribution in [0.15, 0.2) is 41.5 Å². The van der Waals surface area contributed by atoms with E-state index in [-0.39, 0.29) is 6.54 Å². The zero-order valence-electron chi connectivity index (χ0n) is 19.5. The number of unbranched alkanes of at least 4 members (excludes halogenated alkanes) is 1. The Bertz CT molecular complexity index is 961. The number of carbonyl (C=O) groups is 2. The largest absolute Gasteiger partial charge is 0.493 e. The molecule has 0 aromatic heterocycles. The third kappa shape index (κ3) is 8.03. The van der Waals surface area contributed by atoms with E-state index in [1.165, 1.54) is 26.5 Å². The molecule has 33 heavy (non-hydrogen) atoms. The van der Waals surface area contributed by atoms with Crippen LogP contribution in [0.3, 0.4) is 0 Å². The third-order valence-electron chi connectivity index (χ3n) is 4.48. The van der Waals surface area contributed by atoms with Crippen molar-refractivity contribution >= 4 is 18.0 Å². The first-order valence-electron chi connectivity index (χ1n) is 10.7. The lowest BCUT2D eigenvalue weighted by Crippen LogP contribution is -2.34. The number of carbonyl (C=O) groups excluding carboxylic acids is 2. The van der Waals surface area contributed by atoms with Crippen molar-refractivity contribution in [3.05, 3.63) is 47.5 Å². The summed E-state index contributed by atoms with van der Waals surface area (Å²) in [4.78, 5) is 24.3. The lowest BCUT2D eigenvalue weighted by Gasteiger charge is -2.12. The maximum absolute atomic E-state index is 12.3. The number of hydrogen-bond acceptors (Lipinski definition) is 7. The fourth-order valence-corrected chi connectivity index (χ4v) is 2.78. The fourth-order valence-electron chi connectivity index (χ4n) is 2.78. The van der Waals surface area contributed by atoms with Gasteiger partial charge < -0.3 is 24.3 Å². The molecular weight excluding hydrogens is 426 g/mol. The van der Waals surface area contributed by atoms with Gasteiger partial charge in [0.05, 0.1) is 40.2 Å². The zero-order chi connectivity index (χ0) is 24.1. The standard InChI is InChI=1S/C24H31N3O6/c1-5-7-12-33-20-10-8-17(13-22(20)32-6-2)15-26-27-23(28)16-25-24(29)18-9-11-19(30-3)21(14-18)31-4/h8-11,13-15H,5-7,12,16H2,1-4H3,(H,25,29)(H,27,28)/b26-15+. The van der Waals surface area contributed by atoms with Crippen molar-refractivity contribution in [3.8, 4) is 23.0 Å². The molecule has 0 atom stereocenters. The van der Waals surface area contributed by atoms with Crippen LogP contribution >= 0.6 is 0 Å². The Morgan fingerprint density at radius 1 is 0.939 bits per heavy atom. The summed E-state index contributed by atoms with van der Waals surface area (Å²) >= 11 is 0. The minimum atomic E-state index is -0.468. The van der Waals surface area contributed by atoms with Crippen LogP contribution in [-0.4, -0.2) is 52.0 Å². The molecule has 9 heteroatoms. The monoisotopic (exact) mass is 457 g/mol. The van der Waals surface area contributed by atoms with Gasteiger partial charge in [-0.1, -0.05) is 13.3 Å². The Hall–Kier alpha value is -3.75. The van der Waals surface area contributed by atoms with Gasteiger partial charge in [-0.25, -0.2) is 5.43 Å². The summed E-state index contributed by atoms with van der Waals surface area (Å²) in [6, 6.07) is 10.2. The molecule has 2 amide bonds. The molecule has 9 nitrogen and oxygen atoms in total. The first-order valence-corrected chi connectivity index (χ1v) is 10.7. The minimum Gasteiger partial charge on any atom is -0.493 e. The number of benzene rings is 2. The van der Waals surface area contributed by atoms with E-state index in [9.17, 15) is 9.59 Å². The molecular formula is C24H31N3O6. The van der Waals surface area contributed by atoms with Gasteiger partial charge in [0.25, 0.3) is 11.8 Å². The average Bonchev–Trinajstić information content (AvgIpc) is 2.83. The number of rotatable bonds is 13. The average molecular weight is 458 g/mol. The van der Waals surface area contributed by atoms with Crippen molar-refractivity contribution in [2.45, 2.75) is 26.7 Å². The summed E-state index contributed by atoms with van der Waals surface area (Å²) in [5, 5.41) is 6.48. The lowest BCUT2D eigenvalue weighted by atomic mass is 10.2. The normalized spacial score (nSPS) is 10.5. The Morgan fingerprint density at radius 2 is 1.70 bits per heavy atom. The van der Waals surface area contributed by atoms with Gasteiger partial charge in [0, 0.05) is 5.56 Å². The Balaban J connectivity index is 1.89. The highest BCUT2D eigenvalue weighted by Gasteiger charge is 2.12. The van der Waals surface area contributed by atoms with E-state index in [2.05, 4.69) is 22.8 Å². The van der Waals surface area contributed by atoms with Gasteiger partial charge in [0.15, 0.2) is 23.0 Å². The van der Waals surface area contributed by atoms with Gasteiger partial charge in [-0.2, -0.15) is 5.10 Å². The van der Waals surface area contributed by atoms with Crippen molar-refractivity contribution in [2.75, 3.05) is 34.0 Å². The second-order valence-electron chi connectivity index (χ2n) is 6.89.